The van der Waals surface area contributed by atoms with Crippen LogP contribution in [0.2, 0.25) is 0 Å². The molecule has 0 rings (SSSR count). The summed E-state index contributed by atoms with van der Waals surface area (Å²) in [5, 5.41) is 18.5. The minimum absolute atomic E-state index is 0.141. The minimum atomic E-state index is -0.935. The number of rotatable bonds is 5. The quantitative estimate of drug-likeness (QED) is 0.694. The zero-order chi connectivity index (χ0) is 11.5. The van der Waals surface area contributed by atoms with Gasteiger partial charge in [0, 0.05) is 6.54 Å². The molecule has 0 bridgehead atoms. The van der Waals surface area contributed by atoms with Gasteiger partial charge in [0.1, 0.15) is 5.54 Å². The number of hydrogen-bond donors (Lipinski definition) is 2. The summed E-state index contributed by atoms with van der Waals surface area (Å²) < 4.78 is 0. The molecule has 4 nitrogen and oxygen atoms in total. The van der Waals surface area contributed by atoms with Crippen molar-refractivity contribution >= 4 is 5.97 Å². The zero-order valence-electron chi connectivity index (χ0n) is 9.61. The molecule has 0 amide bonds. The van der Waals surface area contributed by atoms with Gasteiger partial charge in [-0.05, 0) is 26.8 Å². The Morgan fingerprint density at radius 3 is 2.14 bits per heavy atom. The highest BCUT2D eigenvalue weighted by Gasteiger charge is 2.33. The van der Waals surface area contributed by atoms with Crippen LogP contribution in [0.15, 0.2) is 0 Å². The Hall–Kier alpha value is -0.610. The molecule has 4 heteroatoms. The third-order valence-corrected chi connectivity index (χ3v) is 2.71. The second kappa shape index (κ2) is 4.75. The number of likely N-dealkylation sites (N-methyl/N-ethyl adjacent to an activating group) is 1. The number of aliphatic hydroxyl groups is 1. The molecule has 0 radical (unpaired) electrons. The third-order valence-electron chi connectivity index (χ3n) is 2.71. The summed E-state index contributed by atoms with van der Waals surface area (Å²) >= 11 is 0. The summed E-state index contributed by atoms with van der Waals surface area (Å²) in [7, 11) is 1.71. The van der Waals surface area contributed by atoms with Crippen LogP contribution in [0.25, 0.3) is 0 Å². The van der Waals surface area contributed by atoms with Gasteiger partial charge in [-0.2, -0.15) is 0 Å². The lowest BCUT2D eigenvalue weighted by Gasteiger charge is -2.33. The standard InChI is InChI=1S/C10H21NO3/c1-7(2)8(12)6-11(5)10(3,4)9(13)14/h7-8,12H,6H2,1-5H3,(H,13,14). The highest BCUT2D eigenvalue weighted by atomic mass is 16.4. The Morgan fingerprint density at radius 2 is 1.86 bits per heavy atom. The van der Waals surface area contributed by atoms with Crippen molar-refractivity contribution in [1.82, 2.24) is 4.90 Å². The van der Waals surface area contributed by atoms with E-state index in [2.05, 4.69) is 0 Å². The molecule has 0 spiro atoms. The molecule has 0 aliphatic heterocycles. The fraction of sp³-hybridized carbons (Fsp3) is 0.900. The fourth-order valence-electron chi connectivity index (χ4n) is 0.883. The lowest BCUT2D eigenvalue weighted by molar-refractivity contribution is -0.149. The van der Waals surface area contributed by atoms with Crippen LogP contribution >= 0.6 is 0 Å². The molecule has 0 fully saturated rings. The summed E-state index contributed by atoms with van der Waals surface area (Å²) in [6, 6.07) is 0. The summed E-state index contributed by atoms with van der Waals surface area (Å²) in [6.45, 7) is 7.44. The molecule has 0 aromatic carbocycles. The molecule has 1 unspecified atom stereocenters. The maximum Gasteiger partial charge on any atom is 0.323 e. The first-order valence-corrected chi connectivity index (χ1v) is 4.82. The monoisotopic (exact) mass is 203 g/mol. The zero-order valence-corrected chi connectivity index (χ0v) is 9.61. The highest BCUT2D eigenvalue weighted by molar-refractivity contribution is 5.77. The van der Waals surface area contributed by atoms with E-state index in [0.29, 0.717) is 6.54 Å². The molecular weight excluding hydrogens is 182 g/mol. The average Bonchev–Trinajstić information content (AvgIpc) is 2.03. The van der Waals surface area contributed by atoms with E-state index in [4.69, 9.17) is 5.11 Å². The van der Waals surface area contributed by atoms with Gasteiger partial charge in [0.15, 0.2) is 0 Å². The van der Waals surface area contributed by atoms with Gasteiger partial charge in [0.05, 0.1) is 6.10 Å². The minimum Gasteiger partial charge on any atom is -0.480 e. The first-order chi connectivity index (χ1) is 6.19. The maximum atomic E-state index is 10.9. The molecule has 0 saturated heterocycles. The maximum absolute atomic E-state index is 10.9. The largest absolute Gasteiger partial charge is 0.480 e. The number of aliphatic hydroxyl groups excluding tert-OH is 1. The second-order valence-corrected chi connectivity index (χ2v) is 4.56. The Bertz CT molecular complexity index is 202. The van der Waals surface area contributed by atoms with Crippen LogP contribution in [0, 0.1) is 5.92 Å². The first kappa shape index (κ1) is 13.4. The Balaban J connectivity index is 4.34. The molecule has 1 atom stereocenters. The van der Waals surface area contributed by atoms with Crippen molar-refractivity contribution in [2.24, 2.45) is 5.92 Å². The molecular formula is C10H21NO3. The van der Waals surface area contributed by atoms with Gasteiger partial charge in [-0.1, -0.05) is 13.8 Å². The number of β-amino-alcohol motifs (C(OH)–C–C–N with tert-alkyl or cyclic N) is 1. The van der Waals surface area contributed by atoms with E-state index in [1.807, 2.05) is 13.8 Å². The molecule has 84 valence electrons. The van der Waals surface area contributed by atoms with Crippen LogP contribution in [-0.4, -0.2) is 46.3 Å². The molecule has 0 aliphatic rings. The first-order valence-electron chi connectivity index (χ1n) is 4.82. The Labute approximate surface area is 85.5 Å². The topological polar surface area (TPSA) is 60.8 Å². The van der Waals surface area contributed by atoms with Gasteiger partial charge in [-0.15, -0.1) is 0 Å². The summed E-state index contributed by atoms with van der Waals surface area (Å²) in [5.74, 6) is -0.738. The summed E-state index contributed by atoms with van der Waals surface area (Å²) in [5.41, 5.74) is -0.935. The van der Waals surface area contributed by atoms with Gasteiger partial charge < -0.3 is 10.2 Å². The van der Waals surface area contributed by atoms with E-state index in [1.165, 1.54) is 0 Å². The van der Waals surface area contributed by atoms with Gasteiger partial charge in [-0.25, -0.2) is 0 Å². The Kier molecular flexibility index (Phi) is 4.55. The smallest absolute Gasteiger partial charge is 0.323 e. The normalized spacial score (nSPS) is 14.9. The molecule has 0 aromatic heterocycles. The van der Waals surface area contributed by atoms with Crippen molar-refractivity contribution in [2.45, 2.75) is 39.3 Å². The van der Waals surface area contributed by atoms with Gasteiger partial charge in [0.25, 0.3) is 0 Å². The van der Waals surface area contributed by atoms with E-state index in [0.717, 1.165) is 0 Å². The summed E-state index contributed by atoms with van der Waals surface area (Å²) in [6.07, 6.45) is -0.487. The van der Waals surface area contributed by atoms with Gasteiger partial charge in [0.2, 0.25) is 0 Å². The van der Waals surface area contributed by atoms with Crippen molar-refractivity contribution in [3.63, 3.8) is 0 Å². The average molecular weight is 203 g/mol. The van der Waals surface area contributed by atoms with E-state index >= 15 is 0 Å². The lowest BCUT2D eigenvalue weighted by Crippen LogP contribution is -2.51. The molecule has 2 N–H and O–H groups in total. The number of carboxylic acids is 1. The summed E-state index contributed by atoms with van der Waals surface area (Å²) in [4.78, 5) is 12.5. The third kappa shape index (κ3) is 3.27. The lowest BCUT2D eigenvalue weighted by atomic mass is 10.0. The van der Waals surface area contributed by atoms with Crippen LogP contribution in [0.1, 0.15) is 27.7 Å². The van der Waals surface area contributed by atoms with E-state index in [1.54, 1.807) is 25.8 Å². The van der Waals surface area contributed by atoms with Crippen molar-refractivity contribution in [3.8, 4) is 0 Å². The number of hydrogen-bond acceptors (Lipinski definition) is 3. The number of carbonyl (C=O) groups is 1. The molecule has 0 aromatic rings. The van der Waals surface area contributed by atoms with Crippen LogP contribution < -0.4 is 0 Å². The van der Waals surface area contributed by atoms with E-state index in [9.17, 15) is 9.90 Å². The van der Waals surface area contributed by atoms with Crippen molar-refractivity contribution in [3.05, 3.63) is 0 Å². The Morgan fingerprint density at radius 1 is 1.43 bits per heavy atom. The molecule has 0 aliphatic carbocycles. The van der Waals surface area contributed by atoms with E-state index in [-0.39, 0.29) is 5.92 Å². The van der Waals surface area contributed by atoms with Gasteiger partial charge >= 0.3 is 5.97 Å². The van der Waals surface area contributed by atoms with Crippen molar-refractivity contribution < 1.29 is 15.0 Å². The molecule has 14 heavy (non-hydrogen) atoms. The van der Waals surface area contributed by atoms with Crippen LogP contribution in [-0.2, 0) is 4.79 Å². The number of aliphatic carboxylic acids is 1. The van der Waals surface area contributed by atoms with Crippen LogP contribution in [0.4, 0.5) is 0 Å². The SMILES string of the molecule is CC(C)C(O)CN(C)C(C)(C)C(=O)O. The molecule has 0 heterocycles. The predicted octanol–water partition coefficient (Wildman–Crippen LogP) is 0.798. The van der Waals surface area contributed by atoms with E-state index < -0.39 is 17.6 Å². The highest BCUT2D eigenvalue weighted by Crippen LogP contribution is 2.14. The second-order valence-electron chi connectivity index (χ2n) is 4.56. The van der Waals surface area contributed by atoms with Crippen LogP contribution in [0.5, 0.6) is 0 Å². The molecule has 0 saturated carbocycles. The van der Waals surface area contributed by atoms with Gasteiger partial charge in [-0.3, -0.25) is 9.69 Å². The predicted molar refractivity (Wildman–Crippen MR) is 55.2 cm³/mol. The number of carboxylic acid groups (broad SMARTS) is 1. The van der Waals surface area contributed by atoms with Crippen molar-refractivity contribution in [2.75, 3.05) is 13.6 Å². The number of nitrogens with zero attached hydrogens (tertiary/aromatic N) is 1. The van der Waals surface area contributed by atoms with Crippen molar-refractivity contribution in [1.29, 1.82) is 0 Å². The van der Waals surface area contributed by atoms with Crippen LogP contribution in [0.3, 0.4) is 0 Å². The fourth-order valence-corrected chi connectivity index (χ4v) is 0.883.